The molecule has 0 radical (unpaired) electrons. The molecule has 0 atom stereocenters. The fraction of sp³-hybridized carbons (Fsp3) is 0.250. The van der Waals surface area contributed by atoms with Crippen LogP contribution in [-0.4, -0.2) is 17.8 Å². The number of hydrogen-bond acceptors (Lipinski definition) is 3. The zero-order valence-electron chi connectivity index (χ0n) is 13.2. The first kappa shape index (κ1) is 16.6. The van der Waals surface area contributed by atoms with Gasteiger partial charge in [-0.1, -0.05) is 60.1 Å². The highest BCUT2D eigenvalue weighted by molar-refractivity contribution is 6.31. The predicted molar refractivity (Wildman–Crippen MR) is 95.6 cm³/mol. The SMILES string of the molecule is O=C1CC(c2ccccc2)CC(=O)C1C=NCc1ccccc1Cl. The minimum absolute atomic E-state index is 0.0144. The number of nitrogens with zero attached hydrogens (tertiary/aromatic N) is 1. The highest BCUT2D eigenvalue weighted by Gasteiger charge is 2.34. The molecule has 0 N–H and O–H groups in total. The molecule has 3 nitrogen and oxygen atoms in total. The van der Waals surface area contributed by atoms with Gasteiger partial charge in [0.25, 0.3) is 0 Å². The molecule has 1 saturated carbocycles. The number of hydrogen-bond donors (Lipinski definition) is 0. The van der Waals surface area contributed by atoms with E-state index >= 15 is 0 Å². The quantitative estimate of drug-likeness (QED) is 0.617. The van der Waals surface area contributed by atoms with Crippen molar-refractivity contribution in [1.29, 1.82) is 0 Å². The largest absolute Gasteiger partial charge is 0.298 e. The van der Waals surface area contributed by atoms with Crippen LogP contribution in [0.3, 0.4) is 0 Å². The van der Waals surface area contributed by atoms with Crippen molar-refractivity contribution in [1.82, 2.24) is 0 Å². The van der Waals surface area contributed by atoms with Crippen LogP contribution >= 0.6 is 11.6 Å². The molecule has 0 saturated heterocycles. The molecule has 2 aromatic carbocycles. The van der Waals surface area contributed by atoms with E-state index in [-0.39, 0.29) is 17.5 Å². The molecule has 0 aromatic heterocycles. The summed E-state index contributed by atoms with van der Waals surface area (Å²) in [7, 11) is 0. The highest BCUT2D eigenvalue weighted by Crippen LogP contribution is 2.31. The molecule has 24 heavy (non-hydrogen) atoms. The van der Waals surface area contributed by atoms with Crippen LogP contribution in [0.25, 0.3) is 0 Å². The molecule has 0 unspecified atom stereocenters. The molecule has 0 bridgehead atoms. The Kier molecular flexibility index (Phi) is 5.21. The number of aliphatic imine (C=N–C) groups is 1. The van der Waals surface area contributed by atoms with E-state index in [0.717, 1.165) is 11.1 Å². The van der Waals surface area contributed by atoms with E-state index in [1.54, 1.807) is 6.07 Å². The van der Waals surface area contributed by atoms with Crippen molar-refractivity contribution in [3.8, 4) is 0 Å². The number of benzene rings is 2. The predicted octanol–water partition coefficient (Wildman–Crippen LogP) is 4.24. The summed E-state index contributed by atoms with van der Waals surface area (Å²) in [5.74, 6) is -0.835. The maximum Gasteiger partial charge on any atom is 0.149 e. The monoisotopic (exact) mass is 339 g/mol. The van der Waals surface area contributed by atoms with Crippen LogP contribution in [0, 0.1) is 5.92 Å². The highest BCUT2D eigenvalue weighted by atomic mass is 35.5. The third-order valence-corrected chi connectivity index (χ3v) is 4.70. The van der Waals surface area contributed by atoms with Gasteiger partial charge in [-0.2, -0.15) is 0 Å². The van der Waals surface area contributed by atoms with Crippen LogP contribution in [0.4, 0.5) is 0 Å². The summed E-state index contributed by atoms with van der Waals surface area (Å²) in [6.07, 6.45) is 2.27. The molecular weight excluding hydrogens is 322 g/mol. The van der Waals surface area contributed by atoms with Gasteiger partial charge in [0.05, 0.1) is 6.54 Å². The van der Waals surface area contributed by atoms with Crippen LogP contribution in [0.2, 0.25) is 5.02 Å². The molecule has 0 spiro atoms. The van der Waals surface area contributed by atoms with Gasteiger partial charge in [0.1, 0.15) is 17.5 Å². The maximum atomic E-state index is 12.4. The van der Waals surface area contributed by atoms with Crippen LogP contribution in [0.15, 0.2) is 59.6 Å². The molecule has 2 aromatic rings. The van der Waals surface area contributed by atoms with Crippen LogP contribution in [0.1, 0.15) is 29.9 Å². The van der Waals surface area contributed by atoms with Gasteiger partial charge >= 0.3 is 0 Å². The molecule has 0 aliphatic heterocycles. The van der Waals surface area contributed by atoms with Crippen molar-refractivity contribution in [2.45, 2.75) is 25.3 Å². The van der Waals surface area contributed by atoms with E-state index in [0.29, 0.717) is 24.4 Å². The minimum atomic E-state index is -0.715. The standard InChI is InChI=1S/C20H18ClNO2/c21-18-9-5-4-8-15(18)12-22-13-17-19(23)10-16(11-20(17)24)14-6-2-1-3-7-14/h1-9,13,16-17H,10-12H2. The number of halogens is 1. The maximum absolute atomic E-state index is 12.4. The Morgan fingerprint density at radius 3 is 2.25 bits per heavy atom. The fourth-order valence-corrected chi connectivity index (χ4v) is 3.20. The van der Waals surface area contributed by atoms with E-state index in [9.17, 15) is 9.59 Å². The lowest BCUT2D eigenvalue weighted by Crippen LogP contribution is -2.33. The van der Waals surface area contributed by atoms with Crippen molar-refractivity contribution < 1.29 is 9.59 Å². The fourth-order valence-electron chi connectivity index (χ4n) is 3.00. The first-order valence-corrected chi connectivity index (χ1v) is 8.36. The molecule has 0 heterocycles. The van der Waals surface area contributed by atoms with Crippen molar-refractivity contribution in [3.63, 3.8) is 0 Å². The number of Topliss-reactive ketones (excluding diaryl/α,β-unsaturated/α-hetero) is 2. The minimum Gasteiger partial charge on any atom is -0.298 e. The molecule has 0 amide bonds. The average molecular weight is 340 g/mol. The van der Waals surface area contributed by atoms with E-state index in [1.807, 2.05) is 48.5 Å². The van der Waals surface area contributed by atoms with Gasteiger partial charge in [-0.3, -0.25) is 14.6 Å². The first-order chi connectivity index (χ1) is 11.6. The van der Waals surface area contributed by atoms with Gasteiger partial charge in [0, 0.05) is 24.1 Å². The summed E-state index contributed by atoms with van der Waals surface area (Å²) in [4.78, 5) is 29.0. The molecular formula is C20H18ClNO2. The third-order valence-electron chi connectivity index (χ3n) is 4.33. The molecule has 122 valence electrons. The van der Waals surface area contributed by atoms with Crippen LogP contribution in [0.5, 0.6) is 0 Å². The second-order valence-electron chi connectivity index (χ2n) is 6.01. The second-order valence-corrected chi connectivity index (χ2v) is 6.41. The van der Waals surface area contributed by atoms with Crippen molar-refractivity contribution in [3.05, 3.63) is 70.7 Å². The van der Waals surface area contributed by atoms with Gasteiger partial charge < -0.3 is 0 Å². The summed E-state index contributed by atoms with van der Waals surface area (Å²) in [5, 5.41) is 0.639. The number of carbonyl (C=O) groups excluding carboxylic acids is 2. The number of carbonyl (C=O) groups is 2. The van der Waals surface area contributed by atoms with Gasteiger partial charge in [-0.15, -0.1) is 0 Å². The number of rotatable bonds is 4. The van der Waals surface area contributed by atoms with Crippen molar-refractivity contribution in [2.75, 3.05) is 0 Å². The van der Waals surface area contributed by atoms with Gasteiger partial charge in [0.15, 0.2) is 0 Å². The summed E-state index contributed by atoms with van der Waals surface area (Å²) in [6.45, 7) is 0.374. The van der Waals surface area contributed by atoms with Crippen molar-refractivity contribution in [2.24, 2.45) is 10.9 Å². The summed E-state index contributed by atoms with van der Waals surface area (Å²) < 4.78 is 0. The second kappa shape index (κ2) is 7.54. The average Bonchev–Trinajstić information content (AvgIpc) is 2.59. The summed E-state index contributed by atoms with van der Waals surface area (Å²) in [5.41, 5.74) is 1.93. The molecule has 1 aliphatic carbocycles. The zero-order chi connectivity index (χ0) is 16.9. The summed E-state index contributed by atoms with van der Waals surface area (Å²) in [6, 6.07) is 17.2. The normalized spacial score (nSPS) is 21.4. The lowest BCUT2D eigenvalue weighted by atomic mass is 9.77. The van der Waals surface area contributed by atoms with E-state index in [4.69, 9.17) is 11.6 Å². The molecule has 4 heteroatoms. The van der Waals surface area contributed by atoms with Gasteiger partial charge in [-0.05, 0) is 23.1 Å². The lowest BCUT2D eigenvalue weighted by Gasteiger charge is -2.24. The Morgan fingerprint density at radius 1 is 0.958 bits per heavy atom. The Hall–Kier alpha value is -2.26. The Labute approximate surface area is 146 Å². The Balaban J connectivity index is 1.66. The molecule has 1 fully saturated rings. The first-order valence-electron chi connectivity index (χ1n) is 7.99. The lowest BCUT2D eigenvalue weighted by molar-refractivity contribution is -0.133. The van der Waals surface area contributed by atoms with Crippen molar-refractivity contribution >= 4 is 29.4 Å². The smallest absolute Gasteiger partial charge is 0.149 e. The van der Waals surface area contributed by atoms with E-state index in [1.165, 1.54) is 6.21 Å². The van der Waals surface area contributed by atoms with E-state index < -0.39 is 5.92 Å². The Morgan fingerprint density at radius 2 is 1.58 bits per heavy atom. The molecule has 1 aliphatic rings. The topological polar surface area (TPSA) is 46.5 Å². The third kappa shape index (κ3) is 3.80. The van der Waals surface area contributed by atoms with Crippen LogP contribution < -0.4 is 0 Å². The zero-order valence-corrected chi connectivity index (χ0v) is 13.9. The summed E-state index contributed by atoms with van der Waals surface area (Å²) >= 11 is 6.08. The molecule has 3 rings (SSSR count). The van der Waals surface area contributed by atoms with Gasteiger partial charge in [0.2, 0.25) is 0 Å². The van der Waals surface area contributed by atoms with Crippen LogP contribution in [-0.2, 0) is 16.1 Å². The van der Waals surface area contributed by atoms with Gasteiger partial charge in [-0.25, -0.2) is 0 Å². The van der Waals surface area contributed by atoms with E-state index in [2.05, 4.69) is 4.99 Å². The Bertz CT molecular complexity index is 752. The number of ketones is 2.